The Morgan fingerprint density at radius 2 is 2.05 bits per heavy atom. The summed E-state index contributed by atoms with van der Waals surface area (Å²) >= 11 is 1.87. The number of carboxylic acids is 1. The van der Waals surface area contributed by atoms with Crippen LogP contribution in [0.25, 0.3) is 0 Å². The number of halogens is 2. The molecule has 0 aliphatic carbocycles. The topological polar surface area (TPSA) is 79.5 Å². The molecule has 0 atom stereocenters. The van der Waals surface area contributed by atoms with Crippen LogP contribution in [0.3, 0.4) is 0 Å². The van der Waals surface area contributed by atoms with Gasteiger partial charge in [-0.05, 0) is 52.9 Å². The van der Waals surface area contributed by atoms with E-state index in [4.69, 9.17) is 9.52 Å². The highest BCUT2D eigenvalue weighted by atomic mass is 127. The van der Waals surface area contributed by atoms with Gasteiger partial charge >= 0.3 is 5.97 Å². The Morgan fingerprint density at radius 3 is 2.65 bits per heavy atom. The molecule has 0 fully saturated rings. The molecule has 0 bridgehead atoms. The van der Waals surface area contributed by atoms with Crippen LogP contribution in [0.2, 0.25) is 0 Å². The molecule has 104 valence electrons. The van der Waals surface area contributed by atoms with Crippen LogP contribution >= 0.6 is 22.6 Å². The number of carbonyl (C=O) groups excluding carboxylic acids is 1. The van der Waals surface area contributed by atoms with Crippen LogP contribution in [-0.2, 0) is 6.54 Å². The van der Waals surface area contributed by atoms with Gasteiger partial charge in [0.05, 0.1) is 12.1 Å². The zero-order chi connectivity index (χ0) is 14.7. The lowest BCUT2D eigenvalue weighted by atomic mass is 10.2. The first kappa shape index (κ1) is 14.5. The van der Waals surface area contributed by atoms with Gasteiger partial charge in [-0.1, -0.05) is 0 Å². The molecule has 1 aromatic heterocycles. The van der Waals surface area contributed by atoms with Crippen molar-refractivity contribution < 1.29 is 23.5 Å². The van der Waals surface area contributed by atoms with Gasteiger partial charge in [-0.25, -0.2) is 9.18 Å². The van der Waals surface area contributed by atoms with Crippen molar-refractivity contribution in [2.45, 2.75) is 6.54 Å². The normalized spacial score (nSPS) is 10.3. The van der Waals surface area contributed by atoms with E-state index in [0.29, 0.717) is 14.9 Å². The highest BCUT2D eigenvalue weighted by molar-refractivity contribution is 14.1. The number of furan rings is 1. The Morgan fingerprint density at radius 1 is 1.30 bits per heavy atom. The molecule has 0 aliphatic rings. The monoisotopic (exact) mass is 389 g/mol. The summed E-state index contributed by atoms with van der Waals surface area (Å²) in [5.74, 6) is -1.83. The predicted molar refractivity (Wildman–Crippen MR) is 76.0 cm³/mol. The average molecular weight is 389 g/mol. The first-order valence-corrected chi connectivity index (χ1v) is 6.60. The lowest BCUT2D eigenvalue weighted by Crippen LogP contribution is -2.23. The number of rotatable bonds is 4. The van der Waals surface area contributed by atoms with Crippen molar-refractivity contribution in [1.82, 2.24) is 5.32 Å². The maximum absolute atomic E-state index is 12.9. The number of aromatic carboxylic acids is 1. The van der Waals surface area contributed by atoms with E-state index in [2.05, 4.69) is 5.32 Å². The maximum atomic E-state index is 12.9. The van der Waals surface area contributed by atoms with Crippen LogP contribution in [0.1, 0.15) is 26.7 Å². The number of carbonyl (C=O) groups is 2. The highest BCUT2D eigenvalue weighted by Crippen LogP contribution is 2.14. The summed E-state index contributed by atoms with van der Waals surface area (Å²) in [5.41, 5.74) is 0.344. The van der Waals surface area contributed by atoms with Crippen LogP contribution in [0, 0.1) is 9.39 Å². The third-order valence-electron chi connectivity index (χ3n) is 2.47. The summed E-state index contributed by atoms with van der Waals surface area (Å²) < 4.78 is 18.4. The molecule has 0 saturated heterocycles. The molecule has 0 unspecified atom stereocenters. The number of hydrogen-bond acceptors (Lipinski definition) is 3. The van der Waals surface area contributed by atoms with Crippen molar-refractivity contribution in [3.63, 3.8) is 0 Å². The number of hydrogen-bond donors (Lipinski definition) is 2. The van der Waals surface area contributed by atoms with Crippen molar-refractivity contribution in [1.29, 1.82) is 0 Å². The molecular weight excluding hydrogens is 380 g/mol. The van der Waals surface area contributed by atoms with E-state index in [-0.39, 0.29) is 18.2 Å². The minimum atomic E-state index is -1.17. The molecule has 2 N–H and O–H groups in total. The van der Waals surface area contributed by atoms with Crippen molar-refractivity contribution in [3.05, 3.63) is 56.8 Å². The molecule has 1 aromatic carbocycles. The molecule has 20 heavy (non-hydrogen) atoms. The second-order valence-electron chi connectivity index (χ2n) is 3.88. The van der Waals surface area contributed by atoms with E-state index in [1.807, 2.05) is 22.6 Å². The van der Waals surface area contributed by atoms with Gasteiger partial charge in [0, 0.05) is 3.57 Å². The fraction of sp³-hybridized carbons (Fsp3) is 0.0769. The summed E-state index contributed by atoms with van der Waals surface area (Å²) in [6, 6.07) is 6.62. The minimum absolute atomic E-state index is 0.0551. The summed E-state index contributed by atoms with van der Waals surface area (Å²) in [4.78, 5) is 22.5. The van der Waals surface area contributed by atoms with E-state index >= 15 is 0 Å². The molecular formula is C13H9FINO4. The first-order valence-electron chi connectivity index (χ1n) is 5.52. The molecule has 0 saturated carbocycles. The summed E-state index contributed by atoms with van der Waals surface area (Å²) in [7, 11) is 0. The second kappa shape index (κ2) is 6.04. The molecule has 7 heteroatoms. The zero-order valence-corrected chi connectivity index (χ0v) is 12.2. The quantitative estimate of drug-likeness (QED) is 0.789. The van der Waals surface area contributed by atoms with Crippen LogP contribution < -0.4 is 5.32 Å². The van der Waals surface area contributed by atoms with E-state index in [1.165, 1.54) is 30.3 Å². The van der Waals surface area contributed by atoms with Crippen LogP contribution in [0.5, 0.6) is 0 Å². The molecule has 5 nitrogen and oxygen atoms in total. The van der Waals surface area contributed by atoms with E-state index in [1.54, 1.807) is 0 Å². The predicted octanol–water partition coefficient (Wildman–Crippen LogP) is 2.65. The number of amides is 1. The van der Waals surface area contributed by atoms with Gasteiger partial charge in [0.15, 0.2) is 0 Å². The van der Waals surface area contributed by atoms with E-state index in [0.717, 1.165) is 0 Å². The molecule has 0 aliphatic heterocycles. The lowest BCUT2D eigenvalue weighted by molar-refractivity contribution is 0.0660. The smallest absolute Gasteiger partial charge is 0.371 e. The van der Waals surface area contributed by atoms with Gasteiger partial charge in [0.1, 0.15) is 11.6 Å². The fourth-order valence-corrected chi connectivity index (χ4v) is 2.25. The standard InChI is InChI=1S/C13H9FINO4/c14-7-1-3-9(10(15)5-7)12(17)16-6-8-2-4-11(20-8)13(18)19/h1-5H,6H2,(H,16,17)(H,18,19). The fourth-order valence-electron chi connectivity index (χ4n) is 1.52. The van der Waals surface area contributed by atoms with Gasteiger partial charge < -0.3 is 14.8 Å². The Hall–Kier alpha value is -1.90. The molecule has 1 amide bonds. The molecule has 1 heterocycles. The Balaban J connectivity index is 2.02. The molecule has 0 spiro atoms. The first-order chi connectivity index (χ1) is 9.47. The van der Waals surface area contributed by atoms with Gasteiger partial charge in [-0.15, -0.1) is 0 Å². The van der Waals surface area contributed by atoms with Gasteiger partial charge in [-0.3, -0.25) is 4.79 Å². The summed E-state index contributed by atoms with van der Waals surface area (Å²) in [6.45, 7) is 0.0551. The van der Waals surface area contributed by atoms with Crippen molar-refractivity contribution in [2.75, 3.05) is 0 Å². The number of nitrogens with one attached hydrogen (secondary N) is 1. The van der Waals surface area contributed by atoms with Crippen molar-refractivity contribution in [2.24, 2.45) is 0 Å². The summed E-state index contributed by atoms with van der Waals surface area (Å²) in [5, 5.41) is 11.3. The Labute approximate surface area is 126 Å². The lowest BCUT2D eigenvalue weighted by Gasteiger charge is -2.05. The van der Waals surface area contributed by atoms with Crippen molar-refractivity contribution >= 4 is 34.5 Å². The SMILES string of the molecule is O=C(O)c1ccc(CNC(=O)c2ccc(F)cc2I)o1. The van der Waals surface area contributed by atoms with Crippen LogP contribution in [-0.4, -0.2) is 17.0 Å². The highest BCUT2D eigenvalue weighted by Gasteiger charge is 2.12. The van der Waals surface area contributed by atoms with Gasteiger partial charge in [0.2, 0.25) is 5.76 Å². The largest absolute Gasteiger partial charge is 0.475 e. The van der Waals surface area contributed by atoms with Gasteiger partial charge in [-0.2, -0.15) is 0 Å². The number of carboxylic acid groups (broad SMARTS) is 1. The van der Waals surface area contributed by atoms with Crippen LogP contribution in [0.15, 0.2) is 34.7 Å². The summed E-state index contributed by atoms with van der Waals surface area (Å²) in [6.07, 6.45) is 0. The number of benzene rings is 1. The van der Waals surface area contributed by atoms with Crippen LogP contribution in [0.4, 0.5) is 4.39 Å². The van der Waals surface area contributed by atoms with Crippen molar-refractivity contribution in [3.8, 4) is 0 Å². The third-order valence-corrected chi connectivity index (χ3v) is 3.36. The molecule has 2 aromatic rings. The average Bonchev–Trinajstić information content (AvgIpc) is 2.85. The third kappa shape index (κ3) is 3.35. The molecule has 0 radical (unpaired) electrons. The van der Waals surface area contributed by atoms with E-state index in [9.17, 15) is 14.0 Å². The zero-order valence-electron chi connectivity index (χ0n) is 10.0. The Kier molecular flexibility index (Phi) is 4.38. The Bertz CT molecular complexity index is 668. The van der Waals surface area contributed by atoms with Gasteiger partial charge in [0.25, 0.3) is 5.91 Å². The maximum Gasteiger partial charge on any atom is 0.371 e. The second-order valence-corrected chi connectivity index (χ2v) is 5.04. The minimum Gasteiger partial charge on any atom is -0.475 e. The molecule has 2 rings (SSSR count). The van der Waals surface area contributed by atoms with E-state index < -0.39 is 11.8 Å².